The highest BCUT2D eigenvalue weighted by atomic mass is 32.2. The van der Waals surface area contributed by atoms with Crippen molar-refractivity contribution < 1.29 is 17.6 Å². The van der Waals surface area contributed by atoms with Crippen LogP contribution < -0.4 is 0 Å². The minimum atomic E-state index is -3.56. The number of carbonyl (C=O) groups is 1. The number of hydrogen-bond acceptors (Lipinski definition) is 7. The summed E-state index contributed by atoms with van der Waals surface area (Å²) in [5.41, 5.74) is 0.499. The van der Waals surface area contributed by atoms with E-state index in [9.17, 15) is 13.2 Å². The van der Waals surface area contributed by atoms with Gasteiger partial charge in [0.2, 0.25) is 21.8 Å². The molecule has 1 aromatic heterocycles. The normalized spacial score (nSPS) is 16.7. The minimum absolute atomic E-state index is 0.0887. The fourth-order valence-corrected chi connectivity index (χ4v) is 4.32. The Morgan fingerprint density at radius 1 is 1.11 bits per heavy atom. The molecule has 0 atom stereocenters. The van der Waals surface area contributed by atoms with Crippen LogP contribution >= 0.6 is 0 Å². The molecule has 0 spiro atoms. The van der Waals surface area contributed by atoms with Gasteiger partial charge in [-0.15, -0.1) is 10.2 Å². The van der Waals surface area contributed by atoms with Crippen molar-refractivity contribution >= 4 is 15.8 Å². The lowest BCUT2D eigenvalue weighted by atomic mass is 10.2. The van der Waals surface area contributed by atoms with Crippen molar-refractivity contribution in [1.82, 2.24) is 19.4 Å². The largest absolute Gasteiger partial charge is 0.424 e. The smallest absolute Gasteiger partial charge is 0.243 e. The first kappa shape index (κ1) is 19.7. The van der Waals surface area contributed by atoms with E-state index in [1.165, 1.54) is 23.4 Å². The van der Waals surface area contributed by atoms with Crippen LogP contribution in [0.5, 0.6) is 0 Å². The summed E-state index contributed by atoms with van der Waals surface area (Å²) in [7, 11) is -3.56. The predicted octanol–water partition coefficient (Wildman–Crippen LogP) is 1.90. The van der Waals surface area contributed by atoms with Crippen LogP contribution in [0, 0.1) is 0 Å². The van der Waals surface area contributed by atoms with Crippen LogP contribution in [0.2, 0.25) is 0 Å². The predicted molar refractivity (Wildman–Crippen MR) is 98.9 cm³/mol. The first-order chi connectivity index (χ1) is 12.8. The first-order valence-electron chi connectivity index (χ1n) is 8.93. The summed E-state index contributed by atoms with van der Waals surface area (Å²) in [6, 6.07) is 6.08. The Balaban J connectivity index is 1.61. The van der Waals surface area contributed by atoms with Crippen LogP contribution in [0.3, 0.4) is 0 Å². The molecular formula is C18H24N4O4S. The maximum absolute atomic E-state index is 12.8. The summed E-state index contributed by atoms with van der Waals surface area (Å²) in [5.74, 6) is 1.26. The van der Waals surface area contributed by atoms with Crippen LogP contribution in [0.1, 0.15) is 48.8 Å². The molecule has 1 aliphatic rings. The van der Waals surface area contributed by atoms with Gasteiger partial charge in [-0.2, -0.15) is 4.31 Å². The number of nitrogens with zero attached hydrogens (tertiary/aromatic N) is 4. The zero-order valence-electron chi connectivity index (χ0n) is 15.8. The van der Waals surface area contributed by atoms with Gasteiger partial charge >= 0.3 is 0 Å². The lowest BCUT2D eigenvalue weighted by Crippen LogP contribution is -2.48. The third kappa shape index (κ3) is 4.42. The van der Waals surface area contributed by atoms with Crippen LogP contribution in [0.4, 0.5) is 0 Å². The third-order valence-electron chi connectivity index (χ3n) is 4.57. The highest BCUT2D eigenvalue weighted by Gasteiger charge is 2.29. The van der Waals surface area contributed by atoms with Gasteiger partial charge in [0.25, 0.3) is 0 Å². The Labute approximate surface area is 159 Å². The summed E-state index contributed by atoms with van der Waals surface area (Å²) < 4.78 is 32.7. The monoisotopic (exact) mass is 392 g/mol. The Morgan fingerprint density at radius 2 is 1.74 bits per heavy atom. The molecule has 9 heteroatoms. The van der Waals surface area contributed by atoms with Gasteiger partial charge in [-0.3, -0.25) is 9.69 Å². The van der Waals surface area contributed by atoms with Crippen molar-refractivity contribution in [2.24, 2.45) is 0 Å². The number of hydrogen-bond donors (Lipinski definition) is 0. The van der Waals surface area contributed by atoms with Crippen molar-refractivity contribution in [2.45, 2.75) is 38.1 Å². The molecule has 1 aliphatic heterocycles. The third-order valence-corrected chi connectivity index (χ3v) is 6.48. The number of ketones is 1. The molecular weight excluding hydrogens is 368 g/mol. The molecule has 2 heterocycles. The van der Waals surface area contributed by atoms with Crippen LogP contribution in [0.15, 0.2) is 33.6 Å². The van der Waals surface area contributed by atoms with Crippen molar-refractivity contribution in [3.8, 4) is 0 Å². The number of rotatable bonds is 6. The molecule has 8 nitrogen and oxygen atoms in total. The summed E-state index contributed by atoms with van der Waals surface area (Å²) in [6.07, 6.45) is 0. The summed E-state index contributed by atoms with van der Waals surface area (Å²) in [5, 5.41) is 8.07. The quantitative estimate of drug-likeness (QED) is 0.693. The Hall–Kier alpha value is -2.10. The van der Waals surface area contributed by atoms with Crippen LogP contribution in [-0.4, -0.2) is 59.8 Å². The fourth-order valence-electron chi connectivity index (χ4n) is 2.89. The molecule has 0 bridgehead atoms. The molecule has 0 amide bonds. The molecule has 3 rings (SSSR count). The molecule has 1 aromatic carbocycles. The number of aromatic nitrogens is 2. The number of sulfonamides is 1. The van der Waals surface area contributed by atoms with E-state index in [2.05, 4.69) is 15.1 Å². The number of piperazine rings is 1. The lowest BCUT2D eigenvalue weighted by molar-refractivity contribution is 0.101. The maximum Gasteiger partial charge on any atom is 0.243 e. The molecule has 0 saturated carbocycles. The highest BCUT2D eigenvalue weighted by molar-refractivity contribution is 7.89. The average molecular weight is 392 g/mol. The molecule has 0 N–H and O–H groups in total. The van der Waals surface area contributed by atoms with E-state index in [1.54, 1.807) is 12.1 Å². The van der Waals surface area contributed by atoms with E-state index >= 15 is 0 Å². The van der Waals surface area contributed by atoms with E-state index in [0.717, 1.165) is 0 Å². The highest BCUT2D eigenvalue weighted by Crippen LogP contribution is 2.20. The Kier molecular flexibility index (Phi) is 5.73. The zero-order valence-corrected chi connectivity index (χ0v) is 16.6. The minimum Gasteiger partial charge on any atom is -0.424 e. The molecule has 0 aliphatic carbocycles. The summed E-state index contributed by atoms with van der Waals surface area (Å²) in [4.78, 5) is 13.7. The molecule has 27 heavy (non-hydrogen) atoms. The maximum atomic E-state index is 12.8. The van der Waals surface area contributed by atoms with Gasteiger partial charge in [-0.05, 0) is 19.1 Å². The fraction of sp³-hybridized carbons (Fsp3) is 0.500. The first-order valence-corrected chi connectivity index (χ1v) is 10.4. The van der Waals surface area contributed by atoms with Crippen molar-refractivity contribution in [3.05, 3.63) is 41.6 Å². The molecule has 1 saturated heterocycles. The summed E-state index contributed by atoms with van der Waals surface area (Å²) >= 11 is 0. The van der Waals surface area contributed by atoms with Gasteiger partial charge in [0, 0.05) is 37.7 Å². The molecule has 0 unspecified atom stereocenters. The van der Waals surface area contributed by atoms with E-state index in [4.69, 9.17) is 4.42 Å². The average Bonchev–Trinajstić information content (AvgIpc) is 3.11. The van der Waals surface area contributed by atoms with Crippen LogP contribution in [-0.2, 0) is 16.6 Å². The van der Waals surface area contributed by atoms with Crippen molar-refractivity contribution in [3.63, 3.8) is 0 Å². The van der Waals surface area contributed by atoms with Crippen molar-refractivity contribution in [2.75, 3.05) is 26.2 Å². The molecule has 2 aromatic rings. The number of carbonyl (C=O) groups excluding carboxylic acids is 1. The molecule has 1 fully saturated rings. The second-order valence-electron chi connectivity index (χ2n) is 6.95. The second kappa shape index (κ2) is 7.87. The molecule has 146 valence electrons. The molecule has 0 radical (unpaired) electrons. The van der Waals surface area contributed by atoms with Gasteiger partial charge in [0.15, 0.2) is 5.78 Å². The Bertz CT molecular complexity index is 898. The standard InChI is InChI=1S/C18H24N4O4S/c1-13(2)18-20-19-17(26-18)12-21-8-10-22(11-9-21)27(24,25)16-6-4-15(5-7-16)14(3)23/h4-7,13H,8-12H2,1-3H3. The summed E-state index contributed by atoms with van der Waals surface area (Å²) in [6.45, 7) is 7.91. The second-order valence-corrected chi connectivity index (χ2v) is 8.89. The van der Waals surface area contributed by atoms with Crippen LogP contribution in [0.25, 0.3) is 0 Å². The van der Waals surface area contributed by atoms with Gasteiger partial charge < -0.3 is 4.42 Å². The van der Waals surface area contributed by atoms with Crippen molar-refractivity contribution in [1.29, 1.82) is 0 Å². The Morgan fingerprint density at radius 3 is 2.26 bits per heavy atom. The van der Waals surface area contributed by atoms with E-state index in [0.29, 0.717) is 50.1 Å². The lowest BCUT2D eigenvalue weighted by Gasteiger charge is -2.33. The van der Waals surface area contributed by atoms with E-state index in [1.807, 2.05) is 13.8 Å². The van der Waals surface area contributed by atoms with E-state index < -0.39 is 10.0 Å². The number of Topliss-reactive ketones (excluding diaryl/α,β-unsaturated/α-hetero) is 1. The van der Waals surface area contributed by atoms with Gasteiger partial charge in [0.1, 0.15) is 0 Å². The zero-order chi connectivity index (χ0) is 19.6. The number of benzene rings is 1. The van der Waals surface area contributed by atoms with Gasteiger partial charge in [-0.25, -0.2) is 8.42 Å². The van der Waals surface area contributed by atoms with Gasteiger partial charge in [-0.1, -0.05) is 26.0 Å². The topological polar surface area (TPSA) is 96.6 Å². The van der Waals surface area contributed by atoms with Gasteiger partial charge in [0.05, 0.1) is 11.4 Å². The van der Waals surface area contributed by atoms with E-state index in [-0.39, 0.29) is 16.6 Å². The SMILES string of the molecule is CC(=O)c1ccc(S(=O)(=O)N2CCN(Cc3nnc(C(C)C)o3)CC2)cc1.